The third kappa shape index (κ3) is 6.43. The lowest BCUT2D eigenvalue weighted by Crippen LogP contribution is -2.49. The van der Waals surface area contributed by atoms with Gasteiger partial charge in [0, 0.05) is 23.4 Å². The summed E-state index contributed by atoms with van der Waals surface area (Å²) in [5.41, 5.74) is 4.02. The van der Waals surface area contributed by atoms with Crippen molar-refractivity contribution in [1.29, 1.82) is 0 Å². The van der Waals surface area contributed by atoms with Crippen molar-refractivity contribution in [3.63, 3.8) is 0 Å². The smallest absolute Gasteiger partial charge is 0.318 e. The molecule has 2 aromatic carbocycles. The molecule has 0 radical (unpaired) electrons. The van der Waals surface area contributed by atoms with Crippen LogP contribution in [-0.2, 0) is 4.79 Å². The van der Waals surface area contributed by atoms with Gasteiger partial charge in [0.05, 0.1) is 25.2 Å². The Hall–Kier alpha value is -4.24. The van der Waals surface area contributed by atoms with Crippen LogP contribution in [0.1, 0.15) is 35.8 Å². The number of nitrogens with one attached hydrogen (secondary N) is 3. The van der Waals surface area contributed by atoms with E-state index < -0.39 is 0 Å². The lowest BCUT2D eigenvalue weighted by molar-refractivity contribution is -0.111. The molecule has 2 aliphatic heterocycles. The summed E-state index contributed by atoms with van der Waals surface area (Å²) >= 11 is 0. The van der Waals surface area contributed by atoms with Crippen LogP contribution in [0.25, 0.3) is 0 Å². The minimum atomic E-state index is -0.321. The fourth-order valence-electron chi connectivity index (χ4n) is 5.08. The van der Waals surface area contributed by atoms with Gasteiger partial charge in [0.15, 0.2) is 0 Å². The Morgan fingerprint density at radius 3 is 2.38 bits per heavy atom. The summed E-state index contributed by atoms with van der Waals surface area (Å²) in [5.74, 6) is 0.0604. The van der Waals surface area contributed by atoms with E-state index in [1.807, 2.05) is 49.3 Å². The van der Waals surface area contributed by atoms with Crippen molar-refractivity contribution in [1.82, 2.24) is 20.4 Å². The highest BCUT2D eigenvalue weighted by atomic mass is 16.2. The molecule has 0 saturated carbocycles. The predicted octanol–water partition coefficient (Wildman–Crippen LogP) is 3.60. The molecular weight excluding hydrogens is 492 g/mol. The first kappa shape index (κ1) is 27.8. The Kier molecular flexibility index (Phi) is 8.61. The number of hydrogen-bond acceptors (Lipinski definition) is 5. The van der Waals surface area contributed by atoms with Gasteiger partial charge in [0.25, 0.3) is 5.91 Å². The van der Waals surface area contributed by atoms with E-state index in [1.54, 1.807) is 24.3 Å². The van der Waals surface area contributed by atoms with Crippen LogP contribution in [0.5, 0.6) is 0 Å². The molecule has 0 saturated heterocycles. The normalized spacial score (nSPS) is 17.1. The SMILES string of the molecule is C=CC(=O)Nc1ccc(C(=O)NC2=NCC3=C2CN(C(=O)N[C@H](CN(C)C)c2ccccc2)[C@@H]3C(C)C)cc1. The first-order valence-corrected chi connectivity index (χ1v) is 13.1. The molecule has 39 heavy (non-hydrogen) atoms. The second kappa shape index (κ2) is 12.1. The number of carbonyl (C=O) groups is 3. The van der Waals surface area contributed by atoms with Crippen molar-refractivity contribution in [3.05, 3.63) is 89.5 Å². The average Bonchev–Trinajstić information content (AvgIpc) is 3.48. The third-order valence-electron chi connectivity index (χ3n) is 6.87. The number of nitrogens with zero attached hydrogens (tertiary/aromatic N) is 3. The molecule has 2 aromatic rings. The van der Waals surface area contributed by atoms with Crippen LogP contribution in [-0.4, -0.2) is 73.3 Å². The predicted molar refractivity (Wildman–Crippen MR) is 154 cm³/mol. The largest absolute Gasteiger partial charge is 0.330 e. The van der Waals surface area contributed by atoms with E-state index in [9.17, 15) is 14.4 Å². The van der Waals surface area contributed by atoms with Gasteiger partial charge in [-0.3, -0.25) is 14.6 Å². The van der Waals surface area contributed by atoms with Gasteiger partial charge in [-0.2, -0.15) is 0 Å². The maximum absolute atomic E-state index is 13.6. The van der Waals surface area contributed by atoms with E-state index in [-0.39, 0.29) is 35.8 Å². The highest BCUT2D eigenvalue weighted by Gasteiger charge is 2.42. The molecule has 2 heterocycles. The van der Waals surface area contributed by atoms with Crippen molar-refractivity contribution in [3.8, 4) is 0 Å². The van der Waals surface area contributed by atoms with Crippen molar-refractivity contribution in [2.45, 2.75) is 25.9 Å². The maximum Gasteiger partial charge on any atom is 0.318 e. The molecule has 0 unspecified atom stereocenters. The molecular formula is C30H36N6O3. The molecule has 2 aliphatic rings. The number of rotatable bonds is 8. The van der Waals surface area contributed by atoms with Crippen molar-refractivity contribution >= 4 is 29.4 Å². The zero-order chi connectivity index (χ0) is 28.1. The number of urea groups is 1. The maximum atomic E-state index is 13.6. The number of likely N-dealkylation sites (N-methyl/N-ethyl adjacent to an activating group) is 1. The van der Waals surface area contributed by atoms with E-state index in [0.29, 0.717) is 36.7 Å². The van der Waals surface area contributed by atoms with Crippen molar-refractivity contribution < 1.29 is 14.4 Å². The summed E-state index contributed by atoms with van der Waals surface area (Å²) in [4.78, 5) is 46.7. The minimum absolute atomic E-state index is 0.110. The highest BCUT2D eigenvalue weighted by molar-refractivity contribution is 6.14. The molecule has 0 aliphatic carbocycles. The molecule has 3 N–H and O–H groups in total. The fraction of sp³-hybridized carbons (Fsp3) is 0.333. The average molecular weight is 529 g/mol. The summed E-state index contributed by atoms with van der Waals surface area (Å²) < 4.78 is 0. The van der Waals surface area contributed by atoms with Gasteiger partial charge in [-0.25, -0.2) is 4.79 Å². The van der Waals surface area contributed by atoms with Gasteiger partial charge in [-0.05, 0) is 61.5 Å². The number of hydrogen-bond donors (Lipinski definition) is 3. The van der Waals surface area contributed by atoms with Crippen molar-refractivity contribution in [2.75, 3.05) is 39.0 Å². The zero-order valence-corrected chi connectivity index (χ0v) is 22.9. The van der Waals surface area contributed by atoms with Crippen LogP contribution in [0, 0.1) is 5.92 Å². The standard InChI is InChI=1S/C30H36N6O3/c1-6-26(37)32-22-14-12-21(13-15-22)29(38)34-28-24-17-36(27(19(2)3)23(24)16-31-28)30(39)33-25(18-35(4)5)20-10-8-7-9-11-20/h6-15,19,25,27H,1,16-18H2,2-5H3,(H,32,37)(H,33,39)(H,31,34,38)/t25-,27-/m1/s1. The molecule has 0 bridgehead atoms. The molecule has 4 rings (SSSR count). The fourth-order valence-corrected chi connectivity index (χ4v) is 5.08. The molecule has 0 fully saturated rings. The van der Waals surface area contributed by atoms with Gasteiger partial charge >= 0.3 is 6.03 Å². The van der Waals surface area contributed by atoms with E-state index in [2.05, 4.69) is 46.3 Å². The quantitative estimate of drug-likeness (QED) is 0.455. The number of anilines is 1. The Morgan fingerprint density at radius 2 is 1.77 bits per heavy atom. The Bertz CT molecular complexity index is 1300. The van der Waals surface area contributed by atoms with Gasteiger partial charge < -0.3 is 25.8 Å². The molecule has 0 spiro atoms. The summed E-state index contributed by atoms with van der Waals surface area (Å²) in [6.45, 7) is 9.12. The summed E-state index contributed by atoms with van der Waals surface area (Å²) in [7, 11) is 3.97. The van der Waals surface area contributed by atoms with Crippen LogP contribution < -0.4 is 16.0 Å². The topological polar surface area (TPSA) is 106 Å². The van der Waals surface area contributed by atoms with E-state index in [4.69, 9.17) is 0 Å². The van der Waals surface area contributed by atoms with Gasteiger partial charge in [-0.1, -0.05) is 50.8 Å². The second-order valence-electron chi connectivity index (χ2n) is 10.4. The molecule has 204 valence electrons. The van der Waals surface area contributed by atoms with E-state index in [1.165, 1.54) is 6.08 Å². The summed E-state index contributed by atoms with van der Waals surface area (Å²) in [6, 6.07) is 16.1. The van der Waals surface area contributed by atoms with Crippen LogP contribution in [0.2, 0.25) is 0 Å². The Balaban J connectivity index is 1.46. The Labute approximate surface area is 229 Å². The molecule has 4 amide bonds. The minimum Gasteiger partial charge on any atom is -0.330 e. The third-order valence-corrected chi connectivity index (χ3v) is 6.87. The monoisotopic (exact) mass is 528 g/mol. The summed E-state index contributed by atoms with van der Waals surface area (Å²) in [5, 5.41) is 8.83. The van der Waals surface area contributed by atoms with Crippen LogP contribution in [0.3, 0.4) is 0 Å². The first-order valence-electron chi connectivity index (χ1n) is 13.1. The van der Waals surface area contributed by atoms with E-state index >= 15 is 0 Å². The zero-order valence-electron chi connectivity index (χ0n) is 22.9. The number of amidine groups is 1. The molecule has 9 nitrogen and oxygen atoms in total. The number of carbonyl (C=O) groups excluding carboxylic acids is 3. The first-order chi connectivity index (χ1) is 18.7. The number of aliphatic imine (C=N–C) groups is 1. The van der Waals surface area contributed by atoms with Crippen LogP contribution in [0.15, 0.2) is 83.4 Å². The second-order valence-corrected chi connectivity index (χ2v) is 10.4. The van der Waals surface area contributed by atoms with Gasteiger partial charge in [-0.15, -0.1) is 0 Å². The van der Waals surface area contributed by atoms with Gasteiger partial charge in [0.1, 0.15) is 5.84 Å². The number of benzene rings is 2. The van der Waals surface area contributed by atoms with Crippen molar-refractivity contribution in [2.24, 2.45) is 10.9 Å². The van der Waals surface area contributed by atoms with Crippen LogP contribution >= 0.6 is 0 Å². The summed E-state index contributed by atoms with van der Waals surface area (Å²) in [6.07, 6.45) is 1.18. The highest BCUT2D eigenvalue weighted by Crippen LogP contribution is 2.34. The van der Waals surface area contributed by atoms with Gasteiger partial charge in [0.2, 0.25) is 5.91 Å². The van der Waals surface area contributed by atoms with E-state index in [0.717, 1.165) is 16.7 Å². The molecule has 9 heteroatoms. The number of amides is 4. The molecule has 2 atom stereocenters. The Morgan fingerprint density at radius 1 is 1.08 bits per heavy atom. The lowest BCUT2D eigenvalue weighted by atomic mass is 9.96. The molecule has 0 aromatic heterocycles. The lowest BCUT2D eigenvalue weighted by Gasteiger charge is -2.32. The van der Waals surface area contributed by atoms with Crippen LogP contribution in [0.4, 0.5) is 10.5 Å².